The maximum absolute atomic E-state index is 12.7. The highest BCUT2D eigenvalue weighted by atomic mass is 16.5. The van der Waals surface area contributed by atoms with Crippen molar-refractivity contribution in [3.8, 4) is 17.6 Å². The maximum Gasteiger partial charge on any atom is 0.266 e. The Labute approximate surface area is 205 Å². The average molecular weight is 463 g/mol. The summed E-state index contributed by atoms with van der Waals surface area (Å²) in [5, 5.41) is 14.8. The summed E-state index contributed by atoms with van der Waals surface area (Å²) in [6.07, 6.45) is 1.54. The molecule has 0 saturated heterocycles. The van der Waals surface area contributed by atoms with Gasteiger partial charge in [0.05, 0.1) is 7.11 Å². The molecule has 0 fully saturated rings. The lowest BCUT2D eigenvalue weighted by atomic mass is 10.1. The highest BCUT2D eigenvalue weighted by Gasteiger charge is 2.13. The van der Waals surface area contributed by atoms with Gasteiger partial charge in [-0.2, -0.15) is 5.26 Å². The molecule has 0 atom stereocenters. The third-order valence-electron chi connectivity index (χ3n) is 5.71. The van der Waals surface area contributed by atoms with Gasteiger partial charge < -0.3 is 14.8 Å². The number of hydrogen-bond donors (Lipinski definition) is 1. The zero-order valence-electron chi connectivity index (χ0n) is 20.0. The van der Waals surface area contributed by atoms with E-state index >= 15 is 0 Å². The molecule has 174 valence electrons. The number of carbonyl (C=O) groups is 1. The van der Waals surface area contributed by atoms with Crippen LogP contribution in [-0.4, -0.2) is 13.0 Å². The molecule has 4 aromatic carbocycles. The first-order valence-electron chi connectivity index (χ1n) is 11.3. The molecule has 4 aromatic rings. The topological polar surface area (TPSA) is 71.3 Å². The number of amides is 1. The number of benzene rings is 4. The summed E-state index contributed by atoms with van der Waals surface area (Å²) in [5.41, 5.74) is 4.34. The maximum atomic E-state index is 12.7. The smallest absolute Gasteiger partial charge is 0.266 e. The number of nitriles is 1. The Morgan fingerprint density at radius 2 is 1.74 bits per heavy atom. The second-order valence-electron chi connectivity index (χ2n) is 8.32. The number of aryl methyl sites for hydroxylation is 2. The number of nitrogens with zero attached hydrogens (tertiary/aromatic N) is 1. The summed E-state index contributed by atoms with van der Waals surface area (Å²) in [5.74, 6) is 0.639. The molecule has 0 saturated carbocycles. The first-order valence-corrected chi connectivity index (χ1v) is 11.3. The van der Waals surface area contributed by atoms with Crippen molar-refractivity contribution >= 4 is 28.4 Å². The SMILES string of the molecule is COc1cc(/C=C(\C#N)C(=O)Nc2cc(C)ccc2C)ccc1OCc1ccc2ccccc2c1. The van der Waals surface area contributed by atoms with E-state index in [1.807, 2.05) is 56.3 Å². The van der Waals surface area contributed by atoms with Crippen LogP contribution >= 0.6 is 0 Å². The lowest BCUT2D eigenvalue weighted by Crippen LogP contribution is -2.14. The number of fused-ring (bicyclic) bond motifs is 1. The Balaban J connectivity index is 1.50. The molecule has 0 unspecified atom stereocenters. The molecule has 1 amide bonds. The summed E-state index contributed by atoms with van der Waals surface area (Å²) in [4.78, 5) is 12.7. The van der Waals surface area contributed by atoms with Crippen LogP contribution in [0.3, 0.4) is 0 Å². The fourth-order valence-corrected chi connectivity index (χ4v) is 3.76. The molecule has 4 rings (SSSR count). The molecule has 5 nitrogen and oxygen atoms in total. The van der Waals surface area contributed by atoms with Gasteiger partial charge in [0.25, 0.3) is 5.91 Å². The van der Waals surface area contributed by atoms with Crippen molar-refractivity contribution in [2.75, 3.05) is 12.4 Å². The van der Waals surface area contributed by atoms with Crippen molar-refractivity contribution in [2.45, 2.75) is 20.5 Å². The summed E-state index contributed by atoms with van der Waals surface area (Å²) < 4.78 is 11.5. The van der Waals surface area contributed by atoms with Crippen LogP contribution in [0.2, 0.25) is 0 Å². The Hall–Kier alpha value is -4.56. The second-order valence-corrected chi connectivity index (χ2v) is 8.32. The van der Waals surface area contributed by atoms with Gasteiger partial charge in [-0.1, -0.05) is 54.6 Å². The summed E-state index contributed by atoms with van der Waals surface area (Å²) in [6.45, 7) is 4.25. The second kappa shape index (κ2) is 10.6. The largest absolute Gasteiger partial charge is 0.493 e. The lowest BCUT2D eigenvalue weighted by molar-refractivity contribution is -0.112. The summed E-state index contributed by atoms with van der Waals surface area (Å²) in [6, 6.07) is 27.5. The number of ether oxygens (including phenoxy) is 2. The molecule has 5 heteroatoms. The first-order chi connectivity index (χ1) is 17.0. The molecule has 0 aliphatic heterocycles. The van der Waals surface area contributed by atoms with E-state index in [2.05, 4.69) is 29.6 Å². The first kappa shape index (κ1) is 23.6. The van der Waals surface area contributed by atoms with Crippen molar-refractivity contribution < 1.29 is 14.3 Å². The molecular weight excluding hydrogens is 436 g/mol. The van der Waals surface area contributed by atoms with Crippen LogP contribution < -0.4 is 14.8 Å². The lowest BCUT2D eigenvalue weighted by Gasteiger charge is -2.12. The normalized spacial score (nSPS) is 11.1. The minimum atomic E-state index is -0.461. The summed E-state index contributed by atoms with van der Waals surface area (Å²) >= 11 is 0. The van der Waals surface area contributed by atoms with Gasteiger partial charge in [0, 0.05) is 5.69 Å². The molecule has 0 bridgehead atoms. The van der Waals surface area contributed by atoms with Gasteiger partial charge >= 0.3 is 0 Å². The van der Waals surface area contributed by atoms with Crippen LogP contribution in [0.5, 0.6) is 11.5 Å². The molecule has 0 aromatic heterocycles. The van der Waals surface area contributed by atoms with Crippen molar-refractivity contribution in [3.05, 3.63) is 107 Å². The Kier molecular flexibility index (Phi) is 7.13. The molecule has 1 N–H and O–H groups in total. The predicted octanol–water partition coefficient (Wildman–Crippen LogP) is 6.59. The third kappa shape index (κ3) is 5.69. The number of methoxy groups -OCH3 is 1. The Bertz CT molecular complexity index is 1460. The van der Waals surface area contributed by atoms with Crippen LogP contribution in [-0.2, 0) is 11.4 Å². The number of rotatable bonds is 7. The quantitative estimate of drug-likeness (QED) is 0.248. The van der Waals surface area contributed by atoms with Gasteiger partial charge in [0.2, 0.25) is 0 Å². The van der Waals surface area contributed by atoms with Crippen LogP contribution in [0, 0.1) is 25.2 Å². The molecule has 0 aliphatic rings. The Morgan fingerprint density at radius 1 is 0.943 bits per heavy atom. The van der Waals surface area contributed by atoms with Crippen molar-refractivity contribution in [1.29, 1.82) is 5.26 Å². The molecule has 0 radical (unpaired) electrons. The van der Waals surface area contributed by atoms with Crippen LogP contribution in [0.25, 0.3) is 16.8 Å². The van der Waals surface area contributed by atoms with Gasteiger partial charge in [-0.3, -0.25) is 4.79 Å². The fourth-order valence-electron chi connectivity index (χ4n) is 3.76. The van der Waals surface area contributed by atoms with Gasteiger partial charge in [0.15, 0.2) is 11.5 Å². The van der Waals surface area contributed by atoms with Gasteiger partial charge in [-0.05, 0) is 77.2 Å². The highest BCUT2D eigenvalue weighted by Crippen LogP contribution is 2.30. The number of carbonyl (C=O) groups excluding carboxylic acids is 1. The third-order valence-corrected chi connectivity index (χ3v) is 5.71. The van der Waals surface area contributed by atoms with E-state index in [1.165, 1.54) is 11.5 Å². The fraction of sp³-hybridized carbons (Fsp3) is 0.133. The monoisotopic (exact) mass is 462 g/mol. The van der Waals surface area contributed by atoms with E-state index in [4.69, 9.17) is 9.47 Å². The van der Waals surface area contributed by atoms with Crippen molar-refractivity contribution in [1.82, 2.24) is 0 Å². The molecule has 35 heavy (non-hydrogen) atoms. The zero-order chi connectivity index (χ0) is 24.8. The number of nitrogens with one attached hydrogen (secondary N) is 1. The Morgan fingerprint density at radius 3 is 2.51 bits per heavy atom. The van der Waals surface area contributed by atoms with Gasteiger partial charge in [-0.15, -0.1) is 0 Å². The van der Waals surface area contributed by atoms with Crippen molar-refractivity contribution in [3.63, 3.8) is 0 Å². The van der Waals surface area contributed by atoms with E-state index in [9.17, 15) is 10.1 Å². The predicted molar refractivity (Wildman–Crippen MR) is 139 cm³/mol. The van der Waals surface area contributed by atoms with Crippen LogP contribution in [0.15, 0.2) is 84.4 Å². The van der Waals surface area contributed by atoms with Crippen molar-refractivity contribution in [2.24, 2.45) is 0 Å². The summed E-state index contributed by atoms with van der Waals surface area (Å²) in [7, 11) is 1.56. The van der Waals surface area contributed by atoms with E-state index in [-0.39, 0.29) is 5.57 Å². The van der Waals surface area contributed by atoms with E-state index in [1.54, 1.807) is 25.3 Å². The minimum Gasteiger partial charge on any atom is -0.493 e. The number of hydrogen-bond acceptors (Lipinski definition) is 4. The van der Waals surface area contributed by atoms with E-state index < -0.39 is 5.91 Å². The molecule has 0 heterocycles. The standard InChI is InChI=1S/C30H26N2O3/c1-20-8-9-21(2)27(14-20)32-30(33)26(18-31)15-22-11-13-28(29(17-22)34-3)35-19-23-10-12-24-6-4-5-7-25(24)16-23/h4-17H,19H2,1-3H3,(H,32,33)/b26-15+. The molecule has 0 aliphatic carbocycles. The zero-order valence-corrected chi connectivity index (χ0v) is 20.0. The highest BCUT2D eigenvalue weighted by molar-refractivity contribution is 6.10. The number of anilines is 1. The van der Waals surface area contributed by atoms with Gasteiger partial charge in [-0.25, -0.2) is 0 Å². The average Bonchev–Trinajstić information content (AvgIpc) is 2.88. The van der Waals surface area contributed by atoms with Crippen LogP contribution in [0.4, 0.5) is 5.69 Å². The van der Waals surface area contributed by atoms with E-state index in [0.29, 0.717) is 29.4 Å². The van der Waals surface area contributed by atoms with E-state index in [0.717, 1.165) is 22.1 Å². The molecule has 0 spiro atoms. The van der Waals surface area contributed by atoms with Gasteiger partial charge in [0.1, 0.15) is 18.2 Å². The van der Waals surface area contributed by atoms with Crippen LogP contribution in [0.1, 0.15) is 22.3 Å². The molecular formula is C30H26N2O3. The minimum absolute atomic E-state index is 0.00205.